The van der Waals surface area contributed by atoms with E-state index in [2.05, 4.69) is 0 Å². The van der Waals surface area contributed by atoms with Crippen LogP contribution in [0.2, 0.25) is 0 Å². The third-order valence-corrected chi connectivity index (χ3v) is 7.74. The van der Waals surface area contributed by atoms with Crippen LogP contribution in [0.25, 0.3) is 5.76 Å². The van der Waals surface area contributed by atoms with Crippen LogP contribution in [0.4, 0.5) is 11.4 Å². The molecule has 3 aliphatic rings. The highest BCUT2D eigenvalue weighted by atomic mass is 16.7. The van der Waals surface area contributed by atoms with Gasteiger partial charge in [0.05, 0.1) is 17.7 Å². The van der Waals surface area contributed by atoms with Crippen LogP contribution in [-0.2, 0) is 4.79 Å². The predicted octanol–water partition coefficient (Wildman–Crippen LogP) is 6.20. The van der Waals surface area contributed by atoms with Crippen LogP contribution in [0.1, 0.15) is 41.9 Å². The molecule has 0 aromatic heterocycles. The monoisotopic (exact) mass is 553 g/mol. The van der Waals surface area contributed by atoms with Gasteiger partial charge in [-0.2, -0.15) is 0 Å². The van der Waals surface area contributed by atoms with Crippen LogP contribution >= 0.6 is 0 Å². The molecule has 41 heavy (non-hydrogen) atoms. The summed E-state index contributed by atoms with van der Waals surface area (Å²) >= 11 is 0. The first-order chi connectivity index (χ1) is 19.8. The third-order valence-electron chi connectivity index (χ3n) is 7.74. The first kappa shape index (κ1) is 26.1. The van der Waals surface area contributed by atoms with Crippen molar-refractivity contribution in [1.82, 2.24) is 0 Å². The zero-order chi connectivity index (χ0) is 28.8. The number of carbonyl (C=O) groups excluding carboxylic acids is 1. The van der Waals surface area contributed by atoms with Crippen molar-refractivity contribution in [2.75, 3.05) is 18.8 Å². The van der Waals surface area contributed by atoms with Crippen molar-refractivity contribution >= 4 is 28.8 Å². The van der Waals surface area contributed by atoms with Crippen LogP contribution < -0.4 is 19.1 Å². The minimum Gasteiger partial charge on any atom is -0.507 e. The maximum atomic E-state index is 13.7. The van der Waals surface area contributed by atoms with Crippen molar-refractivity contribution in [2.24, 2.45) is 0 Å². The summed E-state index contributed by atoms with van der Waals surface area (Å²) in [6.07, 6.45) is 1.46. The molecule has 0 amide bonds. The van der Waals surface area contributed by atoms with Crippen molar-refractivity contribution in [3.63, 3.8) is 0 Å². The van der Waals surface area contributed by atoms with Gasteiger partial charge in [0.25, 0.3) is 5.69 Å². The van der Waals surface area contributed by atoms with Crippen LogP contribution in [0, 0.1) is 22.4 Å². The fourth-order valence-corrected chi connectivity index (χ4v) is 5.79. The molecule has 0 fully saturated rings. The van der Waals surface area contributed by atoms with Gasteiger partial charge in [-0.25, -0.2) is 0 Å². The van der Waals surface area contributed by atoms with Crippen molar-refractivity contribution in [2.45, 2.75) is 32.1 Å². The summed E-state index contributed by atoms with van der Waals surface area (Å²) in [5, 5.41) is 32.8. The molecule has 208 valence electrons. The van der Waals surface area contributed by atoms with Crippen LogP contribution in [0.3, 0.4) is 0 Å². The summed E-state index contributed by atoms with van der Waals surface area (Å²) in [4.78, 5) is 26.3. The zero-order valence-corrected chi connectivity index (χ0v) is 22.5. The van der Waals surface area contributed by atoms with Gasteiger partial charge < -0.3 is 19.3 Å². The number of hydrogen-bond donors (Lipinski definition) is 2. The van der Waals surface area contributed by atoms with Crippen LogP contribution in [0.15, 0.2) is 77.5 Å². The molecule has 0 radical (unpaired) electrons. The number of aryl methyl sites for hydroxylation is 1. The number of amidine groups is 1. The molecule has 0 saturated heterocycles. The first-order valence-corrected chi connectivity index (χ1v) is 13.2. The summed E-state index contributed by atoms with van der Waals surface area (Å²) in [5.41, 5.74) is 3.53. The van der Waals surface area contributed by atoms with Crippen molar-refractivity contribution in [3.8, 4) is 17.2 Å². The zero-order valence-electron chi connectivity index (χ0n) is 22.5. The van der Waals surface area contributed by atoms with Gasteiger partial charge in [0, 0.05) is 46.9 Å². The second-order valence-corrected chi connectivity index (χ2v) is 10.1. The molecule has 10 nitrogen and oxygen atoms in total. The molecule has 0 saturated carbocycles. The minimum atomic E-state index is -0.753. The lowest BCUT2D eigenvalue weighted by Gasteiger charge is -2.42. The van der Waals surface area contributed by atoms with Gasteiger partial charge in [-0.3, -0.25) is 25.2 Å². The van der Waals surface area contributed by atoms with E-state index < -0.39 is 10.8 Å². The lowest BCUT2D eigenvalue weighted by atomic mass is 9.73. The van der Waals surface area contributed by atoms with Crippen molar-refractivity contribution < 1.29 is 29.0 Å². The number of nitrogens with zero attached hydrogens (tertiary/aromatic N) is 2. The second-order valence-electron chi connectivity index (χ2n) is 10.1. The molecule has 6 rings (SSSR count). The van der Waals surface area contributed by atoms with E-state index in [1.807, 2.05) is 6.07 Å². The third kappa shape index (κ3) is 4.37. The number of aliphatic hydroxyl groups excluding tert-OH is 1. The van der Waals surface area contributed by atoms with E-state index in [-0.39, 0.29) is 35.4 Å². The average molecular weight is 554 g/mol. The highest BCUT2D eigenvalue weighted by Gasteiger charge is 2.44. The quantitative estimate of drug-likeness (QED) is 0.217. The molecule has 2 N–H and O–H groups in total. The molecule has 0 bridgehead atoms. The number of allylic oxidation sites excluding steroid dienone is 2. The summed E-state index contributed by atoms with van der Waals surface area (Å²) in [7, 11) is 1.55. The predicted molar refractivity (Wildman–Crippen MR) is 152 cm³/mol. The molecule has 2 heterocycles. The molecule has 10 heteroatoms. The van der Waals surface area contributed by atoms with E-state index in [0.717, 1.165) is 0 Å². The Balaban J connectivity index is 1.63. The number of ether oxygens (including phenoxy) is 3. The molecule has 2 aliphatic heterocycles. The van der Waals surface area contributed by atoms with Gasteiger partial charge in [0.15, 0.2) is 17.3 Å². The van der Waals surface area contributed by atoms with Gasteiger partial charge in [-0.15, -0.1) is 0 Å². The summed E-state index contributed by atoms with van der Waals surface area (Å²) in [6.45, 7) is 1.82. The Kier molecular flexibility index (Phi) is 6.45. The number of hydrogen-bond acceptors (Lipinski definition) is 8. The number of fused-ring (bicyclic) bond motifs is 1. The summed E-state index contributed by atoms with van der Waals surface area (Å²) in [6, 6.07) is 16.6. The van der Waals surface area contributed by atoms with Gasteiger partial charge in [-0.05, 0) is 73.4 Å². The van der Waals surface area contributed by atoms with E-state index in [1.54, 1.807) is 61.4 Å². The summed E-state index contributed by atoms with van der Waals surface area (Å²) in [5.74, 6) is 0.699. The standard InChI is InChI=1S/C31H27N3O7/c1-17-14-20(34(37)38)9-12-22(17)33-23-4-3-5-24(35)28(23)27(19-8-13-25-26(15-19)41-16-40-25)29(31(33)32)30(36)18-6-10-21(39-2)11-7-18/h6-15,27,32,36H,3-5,16H2,1-2H3/t27-/m0/s1. The lowest BCUT2D eigenvalue weighted by Crippen LogP contribution is -2.42. The van der Waals surface area contributed by atoms with E-state index in [4.69, 9.17) is 14.2 Å². The van der Waals surface area contributed by atoms with E-state index in [1.165, 1.54) is 12.1 Å². The Bertz CT molecular complexity index is 1670. The summed E-state index contributed by atoms with van der Waals surface area (Å²) < 4.78 is 16.4. The molecule has 1 atom stereocenters. The molecule has 3 aromatic rings. The Hall–Kier alpha value is -5.12. The maximum Gasteiger partial charge on any atom is 0.269 e. The van der Waals surface area contributed by atoms with Crippen LogP contribution in [-0.4, -0.2) is 35.6 Å². The Morgan fingerprint density at radius 1 is 1.07 bits per heavy atom. The smallest absolute Gasteiger partial charge is 0.269 e. The van der Waals surface area contributed by atoms with Gasteiger partial charge in [0.2, 0.25) is 6.79 Å². The number of rotatable bonds is 5. The average Bonchev–Trinajstić information content (AvgIpc) is 3.45. The lowest BCUT2D eigenvalue weighted by molar-refractivity contribution is -0.384. The van der Waals surface area contributed by atoms with Gasteiger partial charge >= 0.3 is 0 Å². The number of Topliss-reactive ketones (excluding diaryl/α,β-unsaturated/α-hetero) is 1. The number of nitro groups is 1. The number of aliphatic hydroxyl groups is 1. The Morgan fingerprint density at radius 2 is 1.83 bits per heavy atom. The number of anilines is 1. The minimum absolute atomic E-state index is 0.0219. The number of nitrogens with one attached hydrogen (secondary N) is 1. The van der Waals surface area contributed by atoms with Gasteiger partial charge in [0.1, 0.15) is 17.3 Å². The fraction of sp³-hybridized carbons (Fsp3) is 0.226. The normalized spacial score (nSPS) is 19.3. The number of non-ortho nitro benzene ring substituents is 1. The topological polar surface area (TPSA) is 135 Å². The molecule has 1 aliphatic carbocycles. The van der Waals surface area contributed by atoms with E-state index >= 15 is 0 Å². The van der Waals surface area contributed by atoms with E-state index in [9.17, 15) is 25.4 Å². The number of nitro benzene ring substituents is 1. The first-order valence-electron chi connectivity index (χ1n) is 13.2. The Morgan fingerprint density at radius 3 is 2.54 bits per heavy atom. The molecular formula is C31H27N3O7. The van der Waals surface area contributed by atoms with Crippen molar-refractivity contribution in [3.05, 3.63) is 104 Å². The molecule has 3 aromatic carbocycles. The Labute approximate surface area is 235 Å². The van der Waals surface area contributed by atoms with Gasteiger partial charge in [-0.1, -0.05) is 6.07 Å². The number of carbonyl (C=O) groups is 1. The fourth-order valence-electron chi connectivity index (χ4n) is 5.79. The number of ketones is 1. The highest BCUT2D eigenvalue weighted by Crippen LogP contribution is 2.50. The highest BCUT2D eigenvalue weighted by molar-refractivity contribution is 6.20. The number of benzene rings is 3. The van der Waals surface area contributed by atoms with E-state index in [0.29, 0.717) is 70.2 Å². The van der Waals surface area contributed by atoms with Crippen molar-refractivity contribution in [1.29, 1.82) is 5.41 Å². The van der Waals surface area contributed by atoms with Crippen LogP contribution in [0.5, 0.6) is 17.2 Å². The second kappa shape index (κ2) is 10.1. The maximum absolute atomic E-state index is 13.7. The largest absolute Gasteiger partial charge is 0.507 e. The molecular weight excluding hydrogens is 526 g/mol. The number of methoxy groups -OCH3 is 1. The SMILES string of the molecule is COc1ccc(C(O)=C2C(=N)N(c3ccc([N+](=O)[O-])cc3C)C3=C(C(=O)CCC3)[C@@H]2c2ccc3c(c2)OCO3)cc1. The molecule has 0 unspecified atom stereocenters. The molecule has 0 spiro atoms.